The quantitative estimate of drug-likeness (QED) is 0.783. The van der Waals surface area contributed by atoms with Crippen molar-refractivity contribution in [2.75, 3.05) is 25.7 Å². The van der Waals surface area contributed by atoms with E-state index in [-0.39, 0.29) is 0 Å². The van der Waals surface area contributed by atoms with Crippen LogP contribution in [0.2, 0.25) is 0 Å². The van der Waals surface area contributed by atoms with Gasteiger partial charge in [-0.3, -0.25) is 0 Å². The summed E-state index contributed by atoms with van der Waals surface area (Å²) in [6.07, 6.45) is 3.43. The zero-order chi connectivity index (χ0) is 19.7. The molecule has 0 saturated carbocycles. The molecule has 0 amide bonds. The first-order valence-electron chi connectivity index (χ1n) is 10.1. The molecule has 0 spiro atoms. The minimum absolute atomic E-state index is 0.390. The number of hydrogen-bond acceptors (Lipinski definition) is 5. The summed E-state index contributed by atoms with van der Waals surface area (Å²) in [7, 11) is 3.40. The molecule has 2 atom stereocenters. The first-order valence-corrected chi connectivity index (χ1v) is 10.1. The number of methoxy groups -OCH3 is 2. The Bertz CT molecular complexity index is 852. The summed E-state index contributed by atoms with van der Waals surface area (Å²) >= 11 is 0. The molecule has 2 aliphatic rings. The minimum atomic E-state index is -0.961. The molecular weight excluding hydrogens is 354 g/mol. The van der Waals surface area contributed by atoms with E-state index in [9.17, 15) is 5.11 Å². The second kappa shape index (κ2) is 7.64. The lowest BCUT2D eigenvalue weighted by Gasteiger charge is -2.30. The summed E-state index contributed by atoms with van der Waals surface area (Å²) in [6.45, 7) is 3.30. The SMILES string of the molecule is CCCCc1ccc(OC)c(CN2c3ccccc3C3(O)CCOC23)c1OC. The Balaban J connectivity index is 1.76. The van der Waals surface area contributed by atoms with Crippen molar-refractivity contribution >= 4 is 5.69 Å². The van der Waals surface area contributed by atoms with E-state index in [2.05, 4.69) is 24.0 Å². The molecule has 0 radical (unpaired) electrons. The van der Waals surface area contributed by atoms with E-state index >= 15 is 0 Å². The molecule has 0 aromatic heterocycles. The molecule has 2 aromatic carbocycles. The fourth-order valence-electron chi connectivity index (χ4n) is 4.58. The van der Waals surface area contributed by atoms with E-state index in [4.69, 9.17) is 14.2 Å². The van der Waals surface area contributed by atoms with Crippen LogP contribution < -0.4 is 14.4 Å². The van der Waals surface area contributed by atoms with Crippen molar-refractivity contribution in [2.45, 2.75) is 51.0 Å². The Morgan fingerprint density at radius 1 is 1.18 bits per heavy atom. The van der Waals surface area contributed by atoms with Gasteiger partial charge in [0.05, 0.1) is 32.9 Å². The number of nitrogens with zero attached hydrogens (tertiary/aromatic N) is 1. The van der Waals surface area contributed by atoms with Crippen molar-refractivity contribution < 1.29 is 19.3 Å². The van der Waals surface area contributed by atoms with Gasteiger partial charge in [-0.05, 0) is 30.5 Å². The first-order chi connectivity index (χ1) is 13.6. The monoisotopic (exact) mass is 383 g/mol. The van der Waals surface area contributed by atoms with Crippen LogP contribution in [-0.4, -0.2) is 32.2 Å². The van der Waals surface area contributed by atoms with Crippen LogP contribution in [0.4, 0.5) is 5.69 Å². The van der Waals surface area contributed by atoms with E-state index in [1.54, 1.807) is 14.2 Å². The van der Waals surface area contributed by atoms with Gasteiger partial charge in [-0.15, -0.1) is 0 Å². The Kier molecular flexibility index (Phi) is 5.21. The molecule has 28 heavy (non-hydrogen) atoms. The largest absolute Gasteiger partial charge is 0.496 e. The van der Waals surface area contributed by atoms with Crippen LogP contribution in [0.15, 0.2) is 36.4 Å². The van der Waals surface area contributed by atoms with Gasteiger partial charge in [0.15, 0.2) is 6.23 Å². The van der Waals surface area contributed by atoms with Gasteiger partial charge in [0.1, 0.15) is 17.1 Å². The summed E-state index contributed by atoms with van der Waals surface area (Å²) in [5, 5.41) is 11.3. The number of fused-ring (bicyclic) bond motifs is 3. The fourth-order valence-corrected chi connectivity index (χ4v) is 4.58. The highest BCUT2D eigenvalue weighted by Crippen LogP contribution is 2.50. The maximum Gasteiger partial charge on any atom is 0.163 e. The molecule has 1 N–H and O–H groups in total. The lowest BCUT2D eigenvalue weighted by atomic mass is 9.93. The van der Waals surface area contributed by atoms with Crippen LogP contribution >= 0.6 is 0 Å². The van der Waals surface area contributed by atoms with Gasteiger partial charge in [0.2, 0.25) is 0 Å². The molecular formula is C23H29NO4. The second-order valence-electron chi connectivity index (χ2n) is 7.58. The predicted octanol–water partition coefficient (Wildman–Crippen LogP) is 4.00. The Morgan fingerprint density at radius 2 is 2.00 bits per heavy atom. The van der Waals surface area contributed by atoms with E-state index in [0.29, 0.717) is 19.6 Å². The molecule has 2 unspecified atom stereocenters. The van der Waals surface area contributed by atoms with Crippen LogP contribution in [0.25, 0.3) is 0 Å². The normalized spacial score (nSPS) is 22.9. The highest BCUT2D eigenvalue weighted by Gasteiger charge is 2.54. The number of anilines is 1. The smallest absolute Gasteiger partial charge is 0.163 e. The van der Waals surface area contributed by atoms with E-state index in [0.717, 1.165) is 47.6 Å². The Morgan fingerprint density at radius 3 is 2.75 bits per heavy atom. The van der Waals surface area contributed by atoms with Gasteiger partial charge >= 0.3 is 0 Å². The summed E-state index contributed by atoms with van der Waals surface area (Å²) in [5.41, 5.74) is 3.18. The van der Waals surface area contributed by atoms with Crippen LogP contribution in [0.3, 0.4) is 0 Å². The number of ether oxygens (including phenoxy) is 3. The van der Waals surface area contributed by atoms with Crippen molar-refractivity contribution in [2.24, 2.45) is 0 Å². The van der Waals surface area contributed by atoms with Crippen molar-refractivity contribution in [3.8, 4) is 11.5 Å². The third-order valence-corrected chi connectivity index (χ3v) is 5.98. The number of aliphatic hydroxyl groups is 1. The number of hydrogen-bond donors (Lipinski definition) is 1. The van der Waals surface area contributed by atoms with Crippen LogP contribution in [0, 0.1) is 0 Å². The topological polar surface area (TPSA) is 51.2 Å². The van der Waals surface area contributed by atoms with Crippen molar-refractivity contribution in [3.63, 3.8) is 0 Å². The van der Waals surface area contributed by atoms with Gasteiger partial charge in [-0.25, -0.2) is 0 Å². The summed E-state index contributed by atoms with van der Waals surface area (Å²) in [4.78, 5) is 2.15. The van der Waals surface area contributed by atoms with Crippen molar-refractivity contribution in [3.05, 3.63) is 53.1 Å². The predicted molar refractivity (Wildman–Crippen MR) is 109 cm³/mol. The maximum absolute atomic E-state index is 11.3. The molecule has 0 aliphatic carbocycles. The van der Waals surface area contributed by atoms with Gasteiger partial charge in [0, 0.05) is 17.7 Å². The number of unbranched alkanes of at least 4 members (excludes halogenated alkanes) is 1. The highest BCUT2D eigenvalue weighted by atomic mass is 16.5. The zero-order valence-electron chi connectivity index (χ0n) is 16.9. The Hall–Kier alpha value is -2.24. The van der Waals surface area contributed by atoms with Gasteiger partial charge in [-0.2, -0.15) is 0 Å². The van der Waals surface area contributed by atoms with Gasteiger partial charge in [-0.1, -0.05) is 37.6 Å². The molecule has 5 heteroatoms. The van der Waals surface area contributed by atoms with Gasteiger partial charge in [0.25, 0.3) is 0 Å². The highest BCUT2D eigenvalue weighted by molar-refractivity contribution is 5.64. The second-order valence-corrected chi connectivity index (χ2v) is 7.58. The van der Waals surface area contributed by atoms with Gasteiger partial charge < -0.3 is 24.2 Å². The zero-order valence-corrected chi connectivity index (χ0v) is 16.9. The molecule has 2 aliphatic heterocycles. The van der Waals surface area contributed by atoms with Crippen molar-refractivity contribution in [1.29, 1.82) is 0 Å². The summed E-state index contributed by atoms with van der Waals surface area (Å²) < 4.78 is 17.5. The molecule has 2 aromatic rings. The average Bonchev–Trinajstić information content (AvgIpc) is 3.21. The lowest BCUT2D eigenvalue weighted by molar-refractivity contribution is -0.0314. The standard InChI is InChI=1S/C23H29NO4/c1-4-5-8-16-11-12-20(26-2)17(21(16)27-3)15-24-19-10-7-6-9-18(19)23(25)13-14-28-22(23)24/h6-7,9-12,22,25H,4-5,8,13-15H2,1-3H3. The van der Waals surface area contributed by atoms with Crippen LogP contribution in [0.1, 0.15) is 42.9 Å². The molecule has 0 bridgehead atoms. The van der Waals surface area contributed by atoms with Crippen molar-refractivity contribution in [1.82, 2.24) is 0 Å². The fraction of sp³-hybridized carbons (Fsp3) is 0.478. The molecule has 4 rings (SSSR count). The van der Waals surface area contributed by atoms with Crippen LogP contribution in [0.5, 0.6) is 11.5 Å². The number of para-hydroxylation sites is 1. The molecule has 5 nitrogen and oxygen atoms in total. The van der Waals surface area contributed by atoms with E-state index in [1.807, 2.05) is 24.3 Å². The summed E-state index contributed by atoms with van der Waals surface area (Å²) in [6, 6.07) is 12.1. The molecule has 2 heterocycles. The maximum atomic E-state index is 11.3. The number of benzene rings is 2. The molecule has 1 saturated heterocycles. The average molecular weight is 383 g/mol. The third kappa shape index (κ3) is 2.93. The molecule has 150 valence electrons. The van der Waals surface area contributed by atoms with E-state index < -0.39 is 11.8 Å². The summed E-state index contributed by atoms with van der Waals surface area (Å²) in [5.74, 6) is 1.67. The minimum Gasteiger partial charge on any atom is -0.496 e. The third-order valence-electron chi connectivity index (χ3n) is 5.98. The first kappa shape index (κ1) is 19.1. The lowest BCUT2D eigenvalue weighted by Crippen LogP contribution is -2.41. The van der Waals surface area contributed by atoms with E-state index in [1.165, 1.54) is 5.56 Å². The van der Waals surface area contributed by atoms with Crippen LogP contribution in [-0.2, 0) is 23.3 Å². The number of aryl methyl sites for hydroxylation is 1. The molecule has 1 fully saturated rings. The number of rotatable bonds is 7. The Labute approximate surface area is 166 Å².